The summed E-state index contributed by atoms with van der Waals surface area (Å²) >= 11 is 0. The number of fused-ring (bicyclic) bond motifs is 6. The Labute approximate surface area is 747 Å². The van der Waals surface area contributed by atoms with E-state index in [9.17, 15) is 0 Å². The minimum atomic E-state index is 0.885. The second kappa shape index (κ2) is 31.9. The van der Waals surface area contributed by atoms with E-state index in [0.717, 1.165) is 112 Å². The second-order valence-electron chi connectivity index (χ2n) is 33.4. The third-order valence-electron chi connectivity index (χ3n) is 25.9. The molecule has 0 unspecified atom stereocenters. The van der Waals surface area contributed by atoms with Crippen LogP contribution in [0.3, 0.4) is 0 Å². The first-order chi connectivity index (χ1) is 63.9. The maximum absolute atomic E-state index is 6.27. The van der Waals surface area contributed by atoms with E-state index in [1.165, 1.54) is 126 Å². The molecule has 606 valence electrons. The minimum Gasteiger partial charge on any atom is -0.456 e. The summed E-state index contributed by atoms with van der Waals surface area (Å²) in [7, 11) is 0. The van der Waals surface area contributed by atoms with E-state index in [1.54, 1.807) is 0 Å². The molecule has 6 heteroatoms. The van der Waals surface area contributed by atoms with Gasteiger partial charge in [0, 0.05) is 88.9 Å². The lowest BCUT2D eigenvalue weighted by Gasteiger charge is -2.29. The van der Waals surface area contributed by atoms with Gasteiger partial charge in [-0.05, 0) is 257 Å². The van der Waals surface area contributed by atoms with Crippen LogP contribution in [0.5, 0.6) is 0 Å². The largest absolute Gasteiger partial charge is 0.456 e. The molecule has 25 rings (SSSR count). The third kappa shape index (κ3) is 13.4. The molecule has 2 aromatic heterocycles. The first-order valence-corrected chi connectivity index (χ1v) is 44.2. The van der Waals surface area contributed by atoms with Crippen molar-refractivity contribution in [2.45, 2.75) is 6.92 Å². The molecule has 0 bridgehead atoms. The summed E-state index contributed by atoms with van der Waals surface area (Å²) in [5.41, 5.74) is 29.9. The number of anilines is 12. The topological polar surface area (TPSA) is 39.2 Å². The number of furan rings is 2. The van der Waals surface area contributed by atoms with Crippen LogP contribution < -0.4 is 19.6 Å². The Morgan fingerprint density at radius 2 is 0.450 bits per heavy atom. The van der Waals surface area contributed by atoms with Crippen molar-refractivity contribution in [3.63, 3.8) is 0 Å². The zero-order chi connectivity index (χ0) is 85.4. The highest BCUT2D eigenvalue weighted by atomic mass is 16.3. The Morgan fingerprint density at radius 1 is 0.155 bits per heavy atom. The zero-order valence-corrected chi connectivity index (χ0v) is 70.7. The molecule has 0 amide bonds. The molecule has 0 aliphatic carbocycles. The molecule has 0 fully saturated rings. The van der Waals surface area contributed by atoms with Gasteiger partial charge >= 0.3 is 0 Å². The Hall–Kier alpha value is -17.1. The average Bonchev–Trinajstić information content (AvgIpc) is 1.57. The maximum atomic E-state index is 6.27. The highest BCUT2D eigenvalue weighted by Gasteiger charge is 2.27. The second-order valence-corrected chi connectivity index (χ2v) is 33.4. The van der Waals surface area contributed by atoms with Gasteiger partial charge in [0.05, 0.1) is 22.7 Å². The van der Waals surface area contributed by atoms with Crippen LogP contribution in [0.15, 0.2) is 488 Å². The fourth-order valence-electron chi connectivity index (χ4n) is 19.8. The van der Waals surface area contributed by atoms with Crippen LogP contribution >= 0.6 is 0 Å². The molecule has 0 aliphatic heterocycles. The Bertz CT molecular complexity index is 8470. The third-order valence-corrected chi connectivity index (χ3v) is 25.9. The Kier molecular flexibility index (Phi) is 18.7. The van der Waals surface area contributed by atoms with Crippen molar-refractivity contribution in [2.75, 3.05) is 19.6 Å². The summed E-state index contributed by atoms with van der Waals surface area (Å²) in [6, 6.07) is 173. The van der Waals surface area contributed by atoms with Gasteiger partial charge in [-0.15, -0.1) is 0 Å². The van der Waals surface area contributed by atoms with Crippen molar-refractivity contribution in [1.29, 1.82) is 0 Å². The van der Waals surface area contributed by atoms with E-state index < -0.39 is 0 Å². The number of hydrogen-bond donors (Lipinski definition) is 0. The SMILES string of the molecule is Cc1ccc(N(c2ccc(-c3ccc4ccc5c(N(c6ccccc6)c6ccc7oc8ccccc8c7c6)ccc6ccc3c4c65)cc2)c2ccc(-c3ccccc3)cc2-c2ccccc2)cc1.c1ccc(-c2ccccc2N(c2ccccc2)c2ccc(-c3ccc4ccc5c(N(c6ccccc6)c6ccc7oc8ccccc8c7c6)ccc6ccc3c4c65)cc2)cc1. The van der Waals surface area contributed by atoms with Crippen LogP contribution in [0.4, 0.5) is 68.2 Å². The Balaban J connectivity index is 0.000000144. The minimum absolute atomic E-state index is 0.885. The lowest BCUT2D eigenvalue weighted by molar-refractivity contribution is 0.668. The van der Waals surface area contributed by atoms with Gasteiger partial charge in [-0.25, -0.2) is 0 Å². The highest BCUT2D eigenvalue weighted by Crippen LogP contribution is 2.52. The molecule has 0 N–H and O–H groups in total. The van der Waals surface area contributed by atoms with Gasteiger partial charge in [0.15, 0.2) is 0 Å². The summed E-state index contributed by atoms with van der Waals surface area (Å²) in [4.78, 5) is 9.55. The first-order valence-electron chi connectivity index (χ1n) is 44.2. The van der Waals surface area contributed by atoms with Crippen LogP contribution in [0.25, 0.3) is 164 Å². The van der Waals surface area contributed by atoms with Crippen molar-refractivity contribution < 1.29 is 8.83 Å². The molecule has 25 aromatic rings. The molecule has 0 saturated heterocycles. The van der Waals surface area contributed by atoms with Gasteiger partial charge < -0.3 is 28.4 Å². The van der Waals surface area contributed by atoms with Crippen molar-refractivity contribution in [2.24, 2.45) is 0 Å². The van der Waals surface area contributed by atoms with Gasteiger partial charge in [0.25, 0.3) is 0 Å². The average molecular weight is 1650 g/mol. The standard InChI is InChI=1S/C65H44N2O.C58H38N2O/c1-43-21-30-51(31-22-43)66(61-39-29-49(44-13-5-2-6-14-44)41-58(61)45-15-7-3-8-16-45)52-32-23-46(24-33-52)54-35-25-47-27-37-57-60(38-28-48-26-36-56(54)64(47)65(48)57)67(50-17-9-4-10-18-50)53-34-40-63-59(42-53)55-19-11-12-20-62(55)68-63;1-4-14-39(15-5-1)48-20-10-12-22-53(48)59(43-16-6-2-7-17-43)45-30-24-40(25-31-45)47-33-26-41-28-35-51-54(36-29-42-27-34-50(47)57(41)58(42)51)60(44-18-8-3-9-19-44)46-32-37-56-52(38-46)49-21-11-13-23-55(49)61-56/h2-42H,1H3;1-38H. The summed E-state index contributed by atoms with van der Waals surface area (Å²) in [5.74, 6) is 0. The monoisotopic (exact) mass is 1650 g/mol. The van der Waals surface area contributed by atoms with Gasteiger partial charge in [-0.2, -0.15) is 0 Å². The van der Waals surface area contributed by atoms with Crippen molar-refractivity contribution in [1.82, 2.24) is 0 Å². The molecule has 23 aromatic carbocycles. The van der Waals surface area contributed by atoms with Gasteiger partial charge in [-0.3, -0.25) is 0 Å². The normalized spacial score (nSPS) is 11.6. The van der Waals surface area contributed by atoms with E-state index in [1.807, 2.05) is 24.3 Å². The van der Waals surface area contributed by atoms with Crippen molar-refractivity contribution in [3.05, 3.63) is 485 Å². The number of hydrogen-bond acceptors (Lipinski definition) is 6. The van der Waals surface area contributed by atoms with Gasteiger partial charge in [-0.1, -0.05) is 333 Å². The molecule has 0 aliphatic rings. The van der Waals surface area contributed by atoms with Crippen LogP contribution in [0.1, 0.15) is 5.56 Å². The lowest BCUT2D eigenvalue weighted by Crippen LogP contribution is -2.11. The van der Waals surface area contributed by atoms with E-state index in [4.69, 9.17) is 8.83 Å². The van der Waals surface area contributed by atoms with Gasteiger partial charge in [0.1, 0.15) is 22.3 Å². The summed E-state index contributed by atoms with van der Waals surface area (Å²) in [5, 5.41) is 19.3. The lowest BCUT2D eigenvalue weighted by atomic mass is 9.89. The van der Waals surface area contributed by atoms with E-state index >= 15 is 0 Å². The fraction of sp³-hybridized carbons (Fsp3) is 0.00813. The van der Waals surface area contributed by atoms with Crippen LogP contribution in [-0.2, 0) is 0 Å². The maximum Gasteiger partial charge on any atom is 0.135 e. The predicted molar refractivity (Wildman–Crippen MR) is 545 cm³/mol. The summed E-state index contributed by atoms with van der Waals surface area (Å²) in [6.45, 7) is 2.15. The molecule has 2 heterocycles. The fourth-order valence-corrected chi connectivity index (χ4v) is 19.8. The molecule has 0 spiro atoms. The molecule has 0 saturated carbocycles. The Morgan fingerprint density at radius 3 is 0.899 bits per heavy atom. The number of rotatable bonds is 17. The number of nitrogens with zero attached hydrogens (tertiary/aromatic N) is 4. The van der Waals surface area contributed by atoms with Gasteiger partial charge in [0.2, 0.25) is 0 Å². The summed E-state index contributed by atoms with van der Waals surface area (Å²) < 4.78 is 12.5. The highest BCUT2D eigenvalue weighted by molar-refractivity contribution is 6.30. The van der Waals surface area contributed by atoms with E-state index in [-0.39, 0.29) is 0 Å². The zero-order valence-electron chi connectivity index (χ0n) is 70.7. The van der Waals surface area contributed by atoms with Crippen molar-refractivity contribution >= 4 is 177 Å². The molecular formula is C123H82N4O2. The molecule has 6 nitrogen and oxygen atoms in total. The first kappa shape index (κ1) is 75.7. The van der Waals surface area contributed by atoms with Crippen LogP contribution in [0, 0.1) is 6.92 Å². The smallest absolute Gasteiger partial charge is 0.135 e. The molecule has 129 heavy (non-hydrogen) atoms. The number of aryl methyl sites for hydroxylation is 1. The van der Waals surface area contributed by atoms with E-state index in [0.29, 0.717) is 0 Å². The predicted octanol–water partition coefficient (Wildman–Crippen LogP) is 35.5. The molecule has 0 atom stereocenters. The van der Waals surface area contributed by atoms with Crippen LogP contribution in [0.2, 0.25) is 0 Å². The van der Waals surface area contributed by atoms with E-state index in [2.05, 4.69) is 482 Å². The molecule has 0 radical (unpaired) electrons. The number of para-hydroxylation sites is 6. The molecular weight excluding hydrogens is 1570 g/mol. The van der Waals surface area contributed by atoms with Crippen LogP contribution in [-0.4, -0.2) is 0 Å². The number of benzene rings is 23. The quantitative estimate of drug-likeness (QED) is 0.0846. The van der Waals surface area contributed by atoms with Crippen molar-refractivity contribution in [3.8, 4) is 55.6 Å². The summed E-state index contributed by atoms with van der Waals surface area (Å²) in [6.07, 6.45) is 0.